The van der Waals surface area contributed by atoms with Gasteiger partial charge in [0.1, 0.15) is 5.75 Å². The first kappa shape index (κ1) is 16.0. The van der Waals surface area contributed by atoms with E-state index in [1.165, 1.54) is 0 Å². The highest BCUT2D eigenvalue weighted by Crippen LogP contribution is 2.37. The number of hydrogen-bond acceptors (Lipinski definition) is 3. The number of halogens is 1. The number of carbonyl (C=O) groups is 2. The van der Waals surface area contributed by atoms with Crippen molar-refractivity contribution in [2.75, 3.05) is 23.9 Å². The Hall–Kier alpha value is -2.53. The molecular weight excluding hydrogens is 340 g/mol. The molecule has 0 fully saturated rings. The van der Waals surface area contributed by atoms with Crippen LogP contribution in [0.4, 0.5) is 11.4 Å². The van der Waals surface area contributed by atoms with Crippen LogP contribution >= 0.6 is 11.6 Å². The molecule has 6 heteroatoms. The van der Waals surface area contributed by atoms with Gasteiger partial charge in [0.2, 0.25) is 5.91 Å². The number of rotatable bonds is 3. The highest BCUT2D eigenvalue weighted by atomic mass is 35.5. The third kappa shape index (κ3) is 2.74. The normalized spacial score (nSPS) is 15.1. The lowest BCUT2D eigenvalue weighted by molar-refractivity contribution is -0.118. The van der Waals surface area contributed by atoms with E-state index in [1.807, 2.05) is 17.0 Å². The van der Waals surface area contributed by atoms with Gasteiger partial charge in [-0.2, -0.15) is 0 Å². The molecule has 0 spiro atoms. The van der Waals surface area contributed by atoms with E-state index >= 15 is 0 Å². The van der Waals surface area contributed by atoms with Crippen molar-refractivity contribution < 1.29 is 14.3 Å². The van der Waals surface area contributed by atoms with E-state index < -0.39 is 0 Å². The fourth-order valence-electron chi connectivity index (χ4n) is 3.54. The number of amides is 2. The van der Waals surface area contributed by atoms with Gasteiger partial charge in [0.15, 0.2) is 0 Å². The van der Waals surface area contributed by atoms with Gasteiger partial charge in [0, 0.05) is 24.2 Å². The third-order valence-electron chi connectivity index (χ3n) is 4.72. The molecule has 0 bridgehead atoms. The van der Waals surface area contributed by atoms with E-state index in [2.05, 4.69) is 5.32 Å². The summed E-state index contributed by atoms with van der Waals surface area (Å²) in [6, 6.07) is 8.91. The molecule has 2 amide bonds. The van der Waals surface area contributed by atoms with Crippen molar-refractivity contribution in [1.29, 1.82) is 0 Å². The Balaban J connectivity index is 1.62. The van der Waals surface area contributed by atoms with Gasteiger partial charge in [-0.05, 0) is 54.3 Å². The summed E-state index contributed by atoms with van der Waals surface area (Å²) in [7, 11) is 1.55. The Kier molecular flexibility index (Phi) is 3.88. The second-order valence-electron chi connectivity index (χ2n) is 6.24. The maximum absolute atomic E-state index is 12.6. The summed E-state index contributed by atoms with van der Waals surface area (Å²) >= 11 is 6.11. The zero-order chi connectivity index (χ0) is 17.6. The van der Waals surface area contributed by atoms with E-state index in [-0.39, 0.29) is 11.8 Å². The maximum Gasteiger partial charge on any atom is 0.255 e. The number of nitrogens with one attached hydrogen (secondary N) is 1. The van der Waals surface area contributed by atoms with Crippen LogP contribution in [0.2, 0.25) is 5.02 Å². The molecule has 25 heavy (non-hydrogen) atoms. The minimum Gasteiger partial charge on any atom is -0.495 e. The molecule has 0 atom stereocenters. The van der Waals surface area contributed by atoms with E-state index in [9.17, 15) is 9.59 Å². The van der Waals surface area contributed by atoms with Gasteiger partial charge in [0.05, 0.1) is 17.8 Å². The van der Waals surface area contributed by atoms with Crippen LogP contribution in [0.15, 0.2) is 30.3 Å². The molecule has 2 aromatic carbocycles. The monoisotopic (exact) mass is 356 g/mol. The smallest absolute Gasteiger partial charge is 0.255 e. The molecule has 0 aliphatic carbocycles. The molecule has 2 aliphatic heterocycles. The Morgan fingerprint density at radius 2 is 1.92 bits per heavy atom. The quantitative estimate of drug-likeness (QED) is 0.916. The van der Waals surface area contributed by atoms with Crippen LogP contribution in [0, 0.1) is 0 Å². The van der Waals surface area contributed by atoms with Crippen molar-refractivity contribution in [1.82, 2.24) is 0 Å². The molecule has 2 aliphatic rings. The van der Waals surface area contributed by atoms with Gasteiger partial charge in [-0.1, -0.05) is 11.6 Å². The summed E-state index contributed by atoms with van der Waals surface area (Å²) in [5.41, 5.74) is 4.38. The van der Waals surface area contributed by atoms with Crippen LogP contribution in [0.25, 0.3) is 0 Å². The lowest BCUT2D eigenvalue weighted by atomic mass is 9.96. The number of methoxy groups -OCH3 is 1. The molecule has 0 unspecified atom stereocenters. The lowest BCUT2D eigenvalue weighted by Gasteiger charge is -2.25. The number of aryl methyl sites for hydroxylation is 1. The van der Waals surface area contributed by atoms with Crippen molar-refractivity contribution in [3.05, 3.63) is 52.0 Å². The highest BCUT2D eigenvalue weighted by molar-refractivity contribution is 6.32. The fourth-order valence-corrected chi connectivity index (χ4v) is 3.79. The molecule has 0 aromatic heterocycles. The summed E-state index contributed by atoms with van der Waals surface area (Å²) in [6.07, 6.45) is 1.99. The Morgan fingerprint density at radius 3 is 2.64 bits per heavy atom. The summed E-state index contributed by atoms with van der Waals surface area (Å²) in [5.74, 6) is 0.554. The van der Waals surface area contributed by atoms with Crippen LogP contribution in [0.1, 0.15) is 27.9 Å². The molecule has 1 N–H and O–H groups in total. The van der Waals surface area contributed by atoms with Gasteiger partial charge >= 0.3 is 0 Å². The number of anilines is 2. The second kappa shape index (κ2) is 6.08. The average Bonchev–Trinajstić information content (AvgIpc) is 3.03. The van der Waals surface area contributed by atoms with Gasteiger partial charge in [-0.25, -0.2) is 0 Å². The average molecular weight is 357 g/mol. The van der Waals surface area contributed by atoms with Gasteiger partial charge in [-0.15, -0.1) is 0 Å². The Morgan fingerprint density at radius 1 is 1.16 bits per heavy atom. The first-order valence-electron chi connectivity index (χ1n) is 8.18. The van der Waals surface area contributed by atoms with Gasteiger partial charge in [0.25, 0.3) is 5.91 Å². The summed E-state index contributed by atoms with van der Waals surface area (Å²) in [4.78, 5) is 26.5. The molecule has 128 valence electrons. The molecule has 2 aromatic rings. The molecule has 2 heterocycles. The zero-order valence-electron chi connectivity index (χ0n) is 13.8. The second-order valence-corrected chi connectivity index (χ2v) is 6.65. The van der Waals surface area contributed by atoms with Crippen molar-refractivity contribution in [2.45, 2.75) is 19.3 Å². The molecule has 0 saturated carbocycles. The number of hydrogen-bond donors (Lipinski definition) is 1. The Bertz CT molecular complexity index is 894. The summed E-state index contributed by atoms with van der Waals surface area (Å²) in [6.45, 7) is 0.709. The van der Waals surface area contributed by atoms with Crippen molar-refractivity contribution in [3.8, 4) is 5.75 Å². The van der Waals surface area contributed by atoms with E-state index in [4.69, 9.17) is 16.3 Å². The molecule has 0 radical (unpaired) electrons. The van der Waals surface area contributed by atoms with Crippen molar-refractivity contribution in [3.63, 3.8) is 0 Å². The van der Waals surface area contributed by atoms with Crippen LogP contribution in [0.3, 0.4) is 0 Å². The molecular formula is C19H17ClN2O3. The number of carbonyl (C=O) groups excluding carboxylic acids is 2. The Labute approximate surface area is 150 Å². The number of ether oxygens (including phenoxy) is 1. The predicted molar refractivity (Wildman–Crippen MR) is 96.8 cm³/mol. The van der Waals surface area contributed by atoms with E-state index in [0.29, 0.717) is 41.4 Å². The highest BCUT2D eigenvalue weighted by Gasteiger charge is 2.32. The van der Waals surface area contributed by atoms with Crippen LogP contribution in [-0.4, -0.2) is 25.5 Å². The molecule has 0 saturated heterocycles. The summed E-state index contributed by atoms with van der Waals surface area (Å²) < 4.78 is 5.12. The standard InChI is InChI=1S/C19H17ClN2O3/c1-25-16-4-3-14(10-15(16)20)21-19(24)13-8-11-2-5-17(23)22-7-6-12(9-13)18(11)22/h3-4,8-10H,2,5-7H2,1H3,(H,21,24). The number of benzene rings is 2. The lowest BCUT2D eigenvalue weighted by Crippen LogP contribution is -2.33. The zero-order valence-corrected chi connectivity index (χ0v) is 14.5. The van der Waals surface area contributed by atoms with E-state index in [0.717, 1.165) is 23.2 Å². The number of nitrogens with zero attached hydrogens (tertiary/aromatic N) is 1. The molecule has 5 nitrogen and oxygen atoms in total. The minimum atomic E-state index is -0.185. The van der Waals surface area contributed by atoms with Crippen LogP contribution < -0.4 is 15.0 Å². The maximum atomic E-state index is 12.6. The first-order chi connectivity index (χ1) is 12.1. The minimum absolute atomic E-state index is 0.177. The third-order valence-corrected chi connectivity index (χ3v) is 5.02. The topological polar surface area (TPSA) is 58.6 Å². The SMILES string of the molecule is COc1ccc(NC(=O)c2cc3c4c(c2)CCN4C(=O)CC3)cc1Cl. The van der Waals surface area contributed by atoms with E-state index in [1.54, 1.807) is 25.3 Å². The fraction of sp³-hybridized carbons (Fsp3) is 0.263. The van der Waals surface area contributed by atoms with Crippen molar-refractivity contribution in [2.24, 2.45) is 0 Å². The molecule has 4 rings (SSSR count). The van der Waals surface area contributed by atoms with Gasteiger partial charge < -0.3 is 15.0 Å². The van der Waals surface area contributed by atoms with Gasteiger partial charge in [-0.3, -0.25) is 9.59 Å². The largest absolute Gasteiger partial charge is 0.495 e. The first-order valence-corrected chi connectivity index (χ1v) is 8.55. The van der Waals surface area contributed by atoms with Crippen LogP contribution in [-0.2, 0) is 17.6 Å². The summed E-state index contributed by atoms with van der Waals surface area (Å²) in [5, 5.41) is 3.31. The predicted octanol–water partition coefficient (Wildman–Crippen LogP) is 3.44. The van der Waals surface area contributed by atoms with Crippen molar-refractivity contribution >= 4 is 34.8 Å². The van der Waals surface area contributed by atoms with Crippen LogP contribution in [0.5, 0.6) is 5.75 Å².